The molecule has 5 nitrogen and oxygen atoms in total. The lowest BCUT2D eigenvalue weighted by molar-refractivity contribution is -0.117. The Bertz CT molecular complexity index is 389. The number of hydrogen-bond donors (Lipinski definition) is 1. The third-order valence-corrected chi connectivity index (χ3v) is 4.19. The second kappa shape index (κ2) is 4.78. The smallest absolute Gasteiger partial charge is 0.410 e. The van der Waals surface area contributed by atoms with Crippen molar-refractivity contribution in [3.05, 3.63) is 0 Å². The normalized spacial score (nSPS) is 31.3. The Morgan fingerprint density at radius 3 is 2.74 bits per heavy atom. The standard InChI is InChI=1S/C14H24N2O3/c1-13(2,3)19-12(18)16-6-5-14(15-4)8-11(17)7-10(14)9-16/h10,15H,5-9H2,1-4H3. The number of hydrogen-bond acceptors (Lipinski definition) is 4. The quantitative estimate of drug-likeness (QED) is 0.784. The molecule has 1 heterocycles. The summed E-state index contributed by atoms with van der Waals surface area (Å²) in [4.78, 5) is 25.5. The fourth-order valence-corrected chi connectivity index (χ4v) is 3.17. The average molecular weight is 268 g/mol. The van der Waals surface area contributed by atoms with Crippen LogP contribution in [0.2, 0.25) is 0 Å². The molecule has 0 spiro atoms. The third-order valence-electron chi connectivity index (χ3n) is 4.19. The van der Waals surface area contributed by atoms with Crippen molar-refractivity contribution in [3.63, 3.8) is 0 Å². The van der Waals surface area contributed by atoms with E-state index in [2.05, 4.69) is 5.32 Å². The summed E-state index contributed by atoms with van der Waals surface area (Å²) in [6, 6.07) is 0. The Morgan fingerprint density at radius 2 is 2.16 bits per heavy atom. The third kappa shape index (κ3) is 2.91. The number of ether oxygens (including phenoxy) is 1. The van der Waals surface area contributed by atoms with Crippen LogP contribution in [0.5, 0.6) is 0 Å². The lowest BCUT2D eigenvalue weighted by Crippen LogP contribution is -2.57. The van der Waals surface area contributed by atoms with Crippen LogP contribution in [0, 0.1) is 5.92 Å². The fourth-order valence-electron chi connectivity index (χ4n) is 3.17. The summed E-state index contributed by atoms with van der Waals surface area (Å²) in [6.07, 6.45) is 1.71. The number of nitrogens with zero attached hydrogens (tertiary/aromatic N) is 1. The molecule has 19 heavy (non-hydrogen) atoms. The van der Waals surface area contributed by atoms with Gasteiger partial charge in [0, 0.05) is 37.4 Å². The van der Waals surface area contributed by atoms with Gasteiger partial charge < -0.3 is 15.0 Å². The Morgan fingerprint density at radius 1 is 1.47 bits per heavy atom. The fraction of sp³-hybridized carbons (Fsp3) is 0.857. The molecule has 108 valence electrons. The van der Waals surface area contributed by atoms with Gasteiger partial charge in [-0.05, 0) is 34.2 Å². The van der Waals surface area contributed by atoms with Crippen molar-refractivity contribution in [3.8, 4) is 0 Å². The topological polar surface area (TPSA) is 58.6 Å². The lowest BCUT2D eigenvalue weighted by Gasteiger charge is -2.43. The van der Waals surface area contributed by atoms with Crippen molar-refractivity contribution in [2.24, 2.45) is 5.92 Å². The molecule has 1 aliphatic carbocycles. The molecule has 1 N–H and O–H groups in total. The number of Topliss-reactive ketones (excluding diaryl/α,β-unsaturated/α-hetero) is 1. The van der Waals surface area contributed by atoms with Crippen molar-refractivity contribution in [1.29, 1.82) is 0 Å². The summed E-state index contributed by atoms with van der Waals surface area (Å²) in [5, 5.41) is 3.32. The number of ketones is 1. The molecular formula is C14H24N2O3. The molecule has 1 saturated carbocycles. The molecule has 2 fully saturated rings. The van der Waals surface area contributed by atoms with Crippen LogP contribution >= 0.6 is 0 Å². The van der Waals surface area contributed by atoms with E-state index in [-0.39, 0.29) is 17.6 Å². The van der Waals surface area contributed by atoms with E-state index in [0.29, 0.717) is 31.7 Å². The van der Waals surface area contributed by atoms with E-state index in [0.717, 1.165) is 6.42 Å². The Balaban J connectivity index is 2.03. The minimum Gasteiger partial charge on any atom is -0.444 e. The van der Waals surface area contributed by atoms with Gasteiger partial charge in [0.1, 0.15) is 11.4 Å². The maximum Gasteiger partial charge on any atom is 0.410 e. The first-order chi connectivity index (χ1) is 8.76. The second-order valence-electron chi connectivity index (χ2n) is 6.70. The van der Waals surface area contributed by atoms with Gasteiger partial charge in [0.05, 0.1) is 0 Å². The highest BCUT2D eigenvalue weighted by Gasteiger charge is 2.49. The van der Waals surface area contributed by atoms with Gasteiger partial charge in [-0.2, -0.15) is 0 Å². The van der Waals surface area contributed by atoms with Crippen LogP contribution in [0.15, 0.2) is 0 Å². The van der Waals surface area contributed by atoms with E-state index in [9.17, 15) is 9.59 Å². The number of fused-ring (bicyclic) bond motifs is 1. The van der Waals surface area contributed by atoms with Crippen LogP contribution < -0.4 is 5.32 Å². The first kappa shape index (κ1) is 14.3. The van der Waals surface area contributed by atoms with Crippen LogP contribution in [0.25, 0.3) is 0 Å². The monoisotopic (exact) mass is 268 g/mol. The summed E-state index contributed by atoms with van der Waals surface area (Å²) in [5.41, 5.74) is -0.574. The van der Waals surface area contributed by atoms with E-state index < -0.39 is 5.60 Å². The zero-order valence-electron chi connectivity index (χ0n) is 12.3. The van der Waals surface area contributed by atoms with Crippen molar-refractivity contribution in [2.75, 3.05) is 20.1 Å². The summed E-state index contributed by atoms with van der Waals surface area (Å²) >= 11 is 0. The van der Waals surface area contributed by atoms with Gasteiger partial charge in [-0.25, -0.2) is 4.79 Å². The van der Waals surface area contributed by atoms with Crippen molar-refractivity contribution < 1.29 is 14.3 Å². The predicted molar refractivity (Wildman–Crippen MR) is 71.9 cm³/mol. The number of likely N-dealkylation sites (tertiary alicyclic amines) is 1. The van der Waals surface area contributed by atoms with Gasteiger partial charge in [-0.3, -0.25) is 4.79 Å². The van der Waals surface area contributed by atoms with E-state index >= 15 is 0 Å². The largest absolute Gasteiger partial charge is 0.444 e. The molecule has 2 rings (SSSR count). The van der Waals surface area contributed by atoms with Crippen molar-refractivity contribution in [1.82, 2.24) is 10.2 Å². The van der Waals surface area contributed by atoms with Gasteiger partial charge >= 0.3 is 6.09 Å². The molecule has 1 amide bonds. The molecule has 1 aliphatic heterocycles. The molecule has 2 atom stereocenters. The number of piperidine rings is 1. The zero-order chi connectivity index (χ0) is 14.3. The van der Waals surface area contributed by atoms with Crippen LogP contribution in [0.3, 0.4) is 0 Å². The first-order valence-electron chi connectivity index (χ1n) is 6.94. The highest BCUT2D eigenvalue weighted by molar-refractivity contribution is 5.83. The highest BCUT2D eigenvalue weighted by atomic mass is 16.6. The zero-order valence-corrected chi connectivity index (χ0v) is 12.3. The van der Waals surface area contributed by atoms with Crippen molar-refractivity contribution >= 4 is 11.9 Å². The second-order valence-corrected chi connectivity index (χ2v) is 6.70. The maximum atomic E-state index is 12.1. The number of carbonyl (C=O) groups is 2. The van der Waals surface area contributed by atoms with Gasteiger partial charge in [0.2, 0.25) is 0 Å². The van der Waals surface area contributed by atoms with Crippen molar-refractivity contribution in [2.45, 2.75) is 51.2 Å². The summed E-state index contributed by atoms with van der Waals surface area (Å²) < 4.78 is 5.40. The minimum absolute atomic E-state index is 0.102. The van der Waals surface area contributed by atoms with Crippen LogP contribution in [-0.4, -0.2) is 48.1 Å². The Labute approximate surface area is 114 Å². The molecule has 2 aliphatic rings. The lowest BCUT2D eigenvalue weighted by atomic mass is 9.80. The Kier molecular flexibility index (Phi) is 3.60. The SMILES string of the molecule is CNC12CCN(C(=O)OC(C)(C)C)CC1CC(=O)C2. The molecule has 5 heteroatoms. The molecule has 0 aromatic rings. The minimum atomic E-state index is -0.472. The number of carbonyl (C=O) groups excluding carboxylic acids is 2. The number of nitrogens with one attached hydrogen (secondary N) is 1. The Hall–Kier alpha value is -1.10. The van der Waals surface area contributed by atoms with E-state index in [1.165, 1.54) is 0 Å². The molecule has 0 aromatic heterocycles. The van der Waals surface area contributed by atoms with Gasteiger partial charge in [-0.15, -0.1) is 0 Å². The van der Waals surface area contributed by atoms with E-state index in [1.807, 2.05) is 27.8 Å². The molecule has 0 bridgehead atoms. The highest BCUT2D eigenvalue weighted by Crippen LogP contribution is 2.39. The summed E-state index contributed by atoms with van der Waals surface area (Å²) in [6.45, 7) is 6.87. The number of rotatable bonds is 1. The average Bonchev–Trinajstić information content (AvgIpc) is 2.62. The van der Waals surface area contributed by atoms with Gasteiger partial charge in [-0.1, -0.05) is 0 Å². The molecule has 1 saturated heterocycles. The van der Waals surface area contributed by atoms with E-state index in [1.54, 1.807) is 4.90 Å². The summed E-state index contributed by atoms with van der Waals surface area (Å²) in [5.74, 6) is 0.511. The number of amides is 1. The summed E-state index contributed by atoms with van der Waals surface area (Å²) in [7, 11) is 1.91. The molecule has 0 radical (unpaired) electrons. The molecule has 0 aromatic carbocycles. The molecule has 2 unspecified atom stereocenters. The van der Waals surface area contributed by atoms with Crippen LogP contribution in [0.1, 0.15) is 40.0 Å². The van der Waals surface area contributed by atoms with Gasteiger partial charge in [0.15, 0.2) is 0 Å². The van der Waals surface area contributed by atoms with Crippen LogP contribution in [0.4, 0.5) is 4.79 Å². The van der Waals surface area contributed by atoms with E-state index in [4.69, 9.17) is 4.74 Å². The predicted octanol–water partition coefficient (Wildman–Crippen LogP) is 1.56. The van der Waals surface area contributed by atoms with Crippen LogP contribution in [-0.2, 0) is 9.53 Å². The molecular weight excluding hydrogens is 244 g/mol. The van der Waals surface area contributed by atoms with Gasteiger partial charge in [0.25, 0.3) is 0 Å². The first-order valence-corrected chi connectivity index (χ1v) is 6.94. The maximum absolute atomic E-state index is 12.1.